The van der Waals surface area contributed by atoms with Crippen LogP contribution in [-0.4, -0.2) is 30.3 Å². The maximum Gasteiger partial charge on any atom is 0.338 e. The van der Waals surface area contributed by atoms with E-state index in [0.717, 1.165) is 0 Å². The standard InChI is InChI=1S/C17H22N2O5/c1-5-9(2)24-16(21)14-10(3)18-17(22)19-15(14)11-6-7-12(20)13(8-11)23-4/h6-9,15,20H,5H2,1-4H3,(H2,18,19,22)/t9-,15+/m0/s1. The Balaban J connectivity index is 2.43. The number of benzene rings is 1. The van der Waals surface area contributed by atoms with Crippen LogP contribution in [0.2, 0.25) is 0 Å². The van der Waals surface area contributed by atoms with E-state index in [0.29, 0.717) is 23.3 Å². The van der Waals surface area contributed by atoms with Crippen LogP contribution in [0.3, 0.4) is 0 Å². The third-order valence-corrected chi connectivity index (χ3v) is 3.91. The first-order valence-corrected chi connectivity index (χ1v) is 7.73. The SMILES string of the molecule is CC[C@H](C)OC(=O)C1=C(C)NC(=O)N[C@@H]1c1ccc(O)c(OC)c1. The predicted molar refractivity (Wildman–Crippen MR) is 87.6 cm³/mol. The number of allylic oxidation sites excluding steroid dienone is 1. The molecule has 3 N–H and O–H groups in total. The summed E-state index contributed by atoms with van der Waals surface area (Å²) in [5.41, 5.74) is 1.36. The van der Waals surface area contributed by atoms with Crippen LogP contribution in [0.5, 0.6) is 11.5 Å². The van der Waals surface area contributed by atoms with E-state index in [1.807, 2.05) is 6.92 Å². The van der Waals surface area contributed by atoms with Gasteiger partial charge in [0.15, 0.2) is 11.5 Å². The molecule has 24 heavy (non-hydrogen) atoms. The Bertz CT molecular complexity index is 684. The number of hydrogen-bond donors (Lipinski definition) is 3. The molecule has 0 unspecified atom stereocenters. The summed E-state index contributed by atoms with van der Waals surface area (Å²) in [4.78, 5) is 24.4. The lowest BCUT2D eigenvalue weighted by Crippen LogP contribution is -2.45. The molecule has 2 rings (SSSR count). The van der Waals surface area contributed by atoms with Gasteiger partial charge in [0.1, 0.15) is 0 Å². The van der Waals surface area contributed by atoms with E-state index in [-0.39, 0.29) is 17.6 Å². The van der Waals surface area contributed by atoms with Crippen LogP contribution in [-0.2, 0) is 9.53 Å². The highest BCUT2D eigenvalue weighted by molar-refractivity contribution is 5.95. The molecule has 0 aromatic heterocycles. The lowest BCUT2D eigenvalue weighted by Gasteiger charge is -2.29. The molecule has 0 bridgehead atoms. The van der Waals surface area contributed by atoms with Gasteiger partial charge in [-0.25, -0.2) is 9.59 Å². The molecule has 0 saturated heterocycles. The molecule has 1 aliphatic rings. The van der Waals surface area contributed by atoms with Gasteiger partial charge in [-0.3, -0.25) is 0 Å². The molecule has 0 aliphatic carbocycles. The quantitative estimate of drug-likeness (QED) is 0.718. The van der Waals surface area contributed by atoms with Gasteiger partial charge < -0.3 is 25.2 Å². The normalized spacial score (nSPS) is 18.5. The minimum absolute atomic E-state index is 0.0223. The minimum Gasteiger partial charge on any atom is -0.504 e. The van der Waals surface area contributed by atoms with Gasteiger partial charge in [0.25, 0.3) is 0 Å². The average Bonchev–Trinajstić information content (AvgIpc) is 2.54. The number of carbonyl (C=O) groups is 2. The van der Waals surface area contributed by atoms with Crippen LogP contribution in [0.25, 0.3) is 0 Å². The fourth-order valence-corrected chi connectivity index (χ4v) is 2.42. The summed E-state index contributed by atoms with van der Waals surface area (Å²) in [6.45, 7) is 5.38. The first kappa shape index (κ1) is 17.7. The summed E-state index contributed by atoms with van der Waals surface area (Å²) in [6, 6.07) is 3.55. The van der Waals surface area contributed by atoms with Crippen molar-refractivity contribution in [3.8, 4) is 11.5 Å². The third-order valence-electron chi connectivity index (χ3n) is 3.91. The number of rotatable bonds is 5. The molecular weight excluding hydrogens is 312 g/mol. The molecule has 0 saturated carbocycles. The molecule has 1 aromatic rings. The summed E-state index contributed by atoms with van der Waals surface area (Å²) < 4.78 is 10.5. The molecule has 0 fully saturated rings. The van der Waals surface area contributed by atoms with Crippen LogP contribution in [0, 0.1) is 0 Å². The van der Waals surface area contributed by atoms with Crippen LogP contribution in [0.1, 0.15) is 38.8 Å². The maximum atomic E-state index is 12.5. The number of methoxy groups -OCH3 is 1. The van der Waals surface area contributed by atoms with Gasteiger partial charge in [-0.15, -0.1) is 0 Å². The summed E-state index contributed by atoms with van der Waals surface area (Å²) >= 11 is 0. The molecule has 1 aliphatic heterocycles. The second-order valence-corrected chi connectivity index (χ2v) is 5.63. The molecule has 1 heterocycles. The number of ether oxygens (including phenoxy) is 2. The lowest BCUT2D eigenvalue weighted by atomic mass is 9.95. The smallest absolute Gasteiger partial charge is 0.338 e. The topological polar surface area (TPSA) is 96.9 Å². The Morgan fingerprint density at radius 1 is 1.42 bits per heavy atom. The second kappa shape index (κ2) is 7.25. The zero-order valence-electron chi connectivity index (χ0n) is 14.2. The van der Waals surface area contributed by atoms with Crippen molar-refractivity contribution in [2.45, 2.75) is 39.3 Å². The molecule has 0 spiro atoms. The number of phenolic OH excluding ortho intramolecular Hbond substituents is 1. The number of amides is 2. The summed E-state index contributed by atoms with van der Waals surface area (Å²) in [7, 11) is 1.43. The van der Waals surface area contributed by atoms with Gasteiger partial charge in [0.2, 0.25) is 0 Å². The molecule has 1 aromatic carbocycles. The van der Waals surface area contributed by atoms with Gasteiger partial charge in [-0.2, -0.15) is 0 Å². The van der Waals surface area contributed by atoms with E-state index in [9.17, 15) is 14.7 Å². The Kier molecular flexibility index (Phi) is 5.33. The van der Waals surface area contributed by atoms with E-state index in [1.54, 1.807) is 26.0 Å². The molecule has 7 nitrogen and oxygen atoms in total. The predicted octanol–water partition coefficient (Wildman–Crippen LogP) is 2.37. The van der Waals surface area contributed by atoms with Crippen LogP contribution in [0.15, 0.2) is 29.5 Å². The fourth-order valence-electron chi connectivity index (χ4n) is 2.42. The van der Waals surface area contributed by atoms with Crippen LogP contribution in [0.4, 0.5) is 4.79 Å². The number of hydrogen-bond acceptors (Lipinski definition) is 5. The van der Waals surface area contributed by atoms with Gasteiger partial charge in [0.05, 0.1) is 24.8 Å². The third kappa shape index (κ3) is 3.61. The molecule has 2 amide bonds. The monoisotopic (exact) mass is 334 g/mol. The van der Waals surface area contributed by atoms with E-state index >= 15 is 0 Å². The van der Waals surface area contributed by atoms with Crippen molar-refractivity contribution in [1.82, 2.24) is 10.6 Å². The Labute approximate surface area is 140 Å². The maximum absolute atomic E-state index is 12.5. The van der Waals surface area contributed by atoms with Gasteiger partial charge in [-0.1, -0.05) is 13.0 Å². The Morgan fingerprint density at radius 3 is 2.75 bits per heavy atom. The number of esters is 1. The molecule has 130 valence electrons. The minimum atomic E-state index is -0.690. The highest BCUT2D eigenvalue weighted by Gasteiger charge is 2.33. The van der Waals surface area contributed by atoms with Crippen molar-refractivity contribution in [2.75, 3.05) is 7.11 Å². The highest BCUT2D eigenvalue weighted by atomic mass is 16.5. The van der Waals surface area contributed by atoms with Crippen molar-refractivity contribution in [2.24, 2.45) is 0 Å². The lowest BCUT2D eigenvalue weighted by molar-refractivity contribution is -0.144. The number of nitrogens with one attached hydrogen (secondary N) is 2. The van der Waals surface area contributed by atoms with Crippen molar-refractivity contribution in [3.05, 3.63) is 35.0 Å². The summed E-state index contributed by atoms with van der Waals surface area (Å²) in [5.74, 6) is -0.259. The number of urea groups is 1. The molecule has 2 atom stereocenters. The van der Waals surface area contributed by atoms with Crippen molar-refractivity contribution in [1.29, 1.82) is 0 Å². The zero-order valence-corrected chi connectivity index (χ0v) is 14.2. The van der Waals surface area contributed by atoms with Gasteiger partial charge in [-0.05, 0) is 38.0 Å². The van der Waals surface area contributed by atoms with Crippen LogP contribution >= 0.6 is 0 Å². The first-order valence-electron chi connectivity index (χ1n) is 7.73. The number of phenols is 1. The summed E-state index contributed by atoms with van der Waals surface area (Å²) in [5, 5.41) is 15.0. The van der Waals surface area contributed by atoms with Crippen molar-refractivity contribution < 1.29 is 24.2 Å². The largest absolute Gasteiger partial charge is 0.504 e. The molecule has 0 radical (unpaired) electrons. The summed E-state index contributed by atoms with van der Waals surface area (Å²) in [6.07, 6.45) is 0.459. The fraction of sp³-hybridized carbons (Fsp3) is 0.412. The Morgan fingerprint density at radius 2 is 2.12 bits per heavy atom. The highest BCUT2D eigenvalue weighted by Crippen LogP contribution is 2.33. The van der Waals surface area contributed by atoms with Crippen molar-refractivity contribution in [3.63, 3.8) is 0 Å². The molecular formula is C17H22N2O5. The number of carbonyl (C=O) groups excluding carboxylic acids is 2. The number of aromatic hydroxyl groups is 1. The van der Waals surface area contributed by atoms with E-state index in [2.05, 4.69) is 10.6 Å². The second-order valence-electron chi connectivity index (χ2n) is 5.63. The van der Waals surface area contributed by atoms with Gasteiger partial charge in [0, 0.05) is 5.70 Å². The van der Waals surface area contributed by atoms with E-state index in [4.69, 9.17) is 9.47 Å². The average molecular weight is 334 g/mol. The Hall–Kier alpha value is -2.70. The first-order chi connectivity index (χ1) is 11.4. The van der Waals surface area contributed by atoms with E-state index < -0.39 is 18.0 Å². The zero-order chi connectivity index (χ0) is 17.9. The molecule has 7 heteroatoms. The van der Waals surface area contributed by atoms with E-state index in [1.165, 1.54) is 13.2 Å². The van der Waals surface area contributed by atoms with Crippen LogP contribution < -0.4 is 15.4 Å². The van der Waals surface area contributed by atoms with Gasteiger partial charge >= 0.3 is 12.0 Å². The van der Waals surface area contributed by atoms with Crippen molar-refractivity contribution >= 4 is 12.0 Å².